The summed E-state index contributed by atoms with van der Waals surface area (Å²) in [6.45, 7) is 1.59. The molecule has 3 rings (SSSR count). The lowest BCUT2D eigenvalue weighted by molar-refractivity contribution is -0.136. The van der Waals surface area contributed by atoms with E-state index in [0.29, 0.717) is 10.5 Å². The normalized spacial score (nSPS) is 19.9. The number of amides is 1. The molecule has 1 amide bonds. The van der Waals surface area contributed by atoms with E-state index in [9.17, 15) is 14.0 Å². The highest BCUT2D eigenvalue weighted by molar-refractivity contribution is 8.00. The number of carbonyl (C=O) groups excluding carboxylic acids is 1. The Bertz CT molecular complexity index is 811. The maximum absolute atomic E-state index is 13.3. The second kappa shape index (κ2) is 7.27. The number of carboxylic acid groups (broad SMARTS) is 1. The highest BCUT2D eigenvalue weighted by atomic mass is 32.2. The molecule has 25 heavy (non-hydrogen) atoms. The zero-order valence-electron chi connectivity index (χ0n) is 13.6. The van der Waals surface area contributed by atoms with Crippen molar-refractivity contribution in [1.82, 2.24) is 5.32 Å². The summed E-state index contributed by atoms with van der Waals surface area (Å²) in [5.74, 6) is -1.31. The van der Waals surface area contributed by atoms with Crippen LogP contribution in [0.25, 0.3) is 0 Å². The van der Waals surface area contributed by atoms with E-state index in [1.165, 1.54) is 12.1 Å². The van der Waals surface area contributed by atoms with Crippen molar-refractivity contribution < 1.29 is 19.1 Å². The van der Waals surface area contributed by atoms with Gasteiger partial charge in [0.15, 0.2) is 0 Å². The third-order valence-electron chi connectivity index (χ3n) is 4.17. The van der Waals surface area contributed by atoms with Gasteiger partial charge in [0.05, 0.1) is 5.56 Å². The Labute approximate surface area is 149 Å². The van der Waals surface area contributed by atoms with Crippen LogP contribution < -0.4 is 5.32 Å². The smallest absolute Gasteiger partial charge is 0.316 e. The number of hydrogen-bond acceptors (Lipinski definition) is 3. The van der Waals surface area contributed by atoms with Crippen LogP contribution in [0.5, 0.6) is 0 Å². The van der Waals surface area contributed by atoms with E-state index < -0.39 is 11.2 Å². The molecule has 1 aliphatic carbocycles. The van der Waals surface area contributed by atoms with Crippen molar-refractivity contribution in [2.75, 3.05) is 0 Å². The predicted molar refractivity (Wildman–Crippen MR) is 94.4 cm³/mol. The van der Waals surface area contributed by atoms with Crippen molar-refractivity contribution in [3.8, 4) is 0 Å². The van der Waals surface area contributed by atoms with Crippen LogP contribution in [0, 0.1) is 5.82 Å². The van der Waals surface area contributed by atoms with E-state index in [4.69, 9.17) is 5.11 Å². The number of thioether (sulfide) groups is 1. The van der Waals surface area contributed by atoms with Crippen LogP contribution in [-0.4, -0.2) is 28.3 Å². The molecule has 0 spiro atoms. The second-order valence-corrected chi connectivity index (χ2v) is 7.45. The molecule has 2 N–H and O–H groups in total. The van der Waals surface area contributed by atoms with Gasteiger partial charge in [-0.25, -0.2) is 4.39 Å². The number of nitrogens with one attached hydrogen (secondary N) is 1. The average molecular weight is 359 g/mol. The molecule has 1 unspecified atom stereocenters. The van der Waals surface area contributed by atoms with Gasteiger partial charge in [0, 0.05) is 16.9 Å². The quantitative estimate of drug-likeness (QED) is 0.772. The Balaban J connectivity index is 1.68. The summed E-state index contributed by atoms with van der Waals surface area (Å²) in [7, 11) is 0. The molecular formula is C19H18FNO3S. The lowest BCUT2D eigenvalue weighted by atomic mass is 10.1. The number of carboxylic acids is 1. The molecule has 0 radical (unpaired) electrons. The molecule has 1 fully saturated rings. The van der Waals surface area contributed by atoms with E-state index in [2.05, 4.69) is 5.32 Å². The molecule has 3 atom stereocenters. The Morgan fingerprint density at radius 1 is 1.24 bits per heavy atom. The van der Waals surface area contributed by atoms with Crippen LogP contribution in [0.1, 0.15) is 35.2 Å². The van der Waals surface area contributed by atoms with Crippen LogP contribution in [-0.2, 0) is 4.79 Å². The van der Waals surface area contributed by atoms with Gasteiger partial charge in [-0.3, -0.25) is 9.59 Å². The highest BCUT2D eigenvalue weighted by Gasteiger charge is 2.40. The van der Waals surface area contributed by atoms with Gasteiger partial charge in [0.1, 0.15) is 11.1 Å². The van der Waals surface area contributed by atoms with Crippen LogP contribution in [0.3, 0.4) is 0 Å². The van der Waals surface area contributed by atoms with Gasteiger partial charge >= 0.3 is 5.97 Å². The van der Waals surface area contributed by atoms with Crippen molar-refractivity contribution in [2.24, 2.45) is 0 Å². The number of aliphatic carboxylic acids is 1. The van der Waals surface area contributed by atoms with Gasteiger partial charge in [-0.1, -0.05) is 24.3 Å². The lowest BCUT2D eigenvalue weighted by Crippen LogP contribution is -2.27. The molecule has 2 aromatic rings. The predicted octanol–water partition coefficient (Wildman–Crippen LogP) is 3.68. The zero-order chi connectivity index (χ0) is 18.0. The fourth-order valence-electron chi connectivity index (χ4n) is 2.70. The molecule has 1 saturated carbocycles. The zero-order valence-corrected chi connectivity index (χ0v) is 14.4. The first-order chi connectivity index (χ1) is 12.0. The molecule has 2 aromatic carbocycles. The van der Waals surface area contributed by atoms with Gasteiger partial charge in [-0.05, 0) is 43.2 Å². The second-order valence-electron chi connectivity index (χ2n) is 6.07. The number of halogens is 1. The molecule has 0 heterocycles. The van der Waals surface area contributed by atoms with Crippen molar-refractivity contribution in [2.45, 2.75) is 35.4 Å². The summed E-state index contributed by atoms with van der Waals surface area (Å²) in [6.07, 6.45) is 0.774. The first-order valence-corrected chi connectivity index (χ1v) is 8.88. The SMILES string of the molecule is CC(Sc1ccccc1C(=O)N[C@@H]1C[C@H]1c1cccc(F)c1)C(=O)O. The van der Waals surface area contributed by atoms with Gasteiger partial charge in [0.2, 0.25) is 0 Å². The minimum Gasteiger partial charge on any atom is -0.480 e. The number of carbonyl (C=O) groups is 2. The lowest BCUT2D eigenvalue weighted by Gasteiger charge is -2.12. The topological polar surface area (TPSA) is 66.4 Å². The maximum atomic E-state index is 13.3. The monoisotopic (exact) mass is 359 g/mol. The van der Waals surface area contributed by atoms with Gasteiger partial charge < -0.3 is 10.4 Å². The minimum atomic E-state index is -0.923. The summed E-state index contributed by atoms with van der Waals surface area (Å²) in [5.41, 5.74) is 1.35. The van der Waals surface area contributed by atoms with E-state index in [1.54, 1.807) is 37.3 Å². The first-order valence-electron chi connectivity index (χ1n) is 8.00. The van der Waals surface area contributed by atoms with Crippen molar-refractivity contribution >= 4 is 23.6 Å². The Hall–Kier alpha value is -2.34. The summed E-state index contributed by atoms with van der Waals surface area (Å²) in [5, 5.41) is 11.4. The van der Waals surface area contributed by atoms with Crippen LogP contribution in [0.4, 0.5) is 4.39 Å². The van der Waals surface area contributed by atoms with Crippen LogP contribution in [0.2, 0.25) is 0 Å². The van der Waals surface area contributed by atoms with E-state index in [-0.39, 0.29) is 23.7 Å². The molecule has 4 nitrogen and oxygen atoms in total. The van der Waals surface area contributed by atoms with E-state index in [0.717, 1.165) is 23.7 Å². The highest BCUT2D eigenvalue weighted by Crippen LogP contribution is 2.41. The Morgan fingerprint density at radius 2 is 2.00 bits per heavy atom. The fraction of sp³-hybridized carbons (Fsp3) is 0.263. The third-order valence-corrected chi connectivity index (χ3v) is 5.33. The first kappa shape index (κ1) is 17.5. The van der Waals surface area contributed by atoms with Gasteiger partial charge in [0.25, 0.3) is 5.91 Å². The van der Waals surface area contributed by atoms with Gasteiger partial charge in [-0.2, -0.15) is 0 Å². The largest absolute Gasteiger partial charge is 0.480 e. The van der Waals surface area contributed by atoms with Crippen molar-refractivity contribution in [1.29, 1.82) is 0 Å². The Kier molecular flexibility index (Phi) is 5.08. The van der Waals surface area contributed by atoms with E-state index >= 15 is 0 Å². The minimum absolute atomic E-state index is 0.0238. The number of rotatable bonds is 6. The molecule has 6 heteroatoms. The molecule has 0 bridgehead atoms. The molecule has 0 aromatic heterocycles. The van der Waals surface area contributed by atoms with Crippen molar-refractivity contribution in [3.05, 3.63) is 65.5 Å². The number of hydrogen-bond donors (Lipinski definition) is 2. The summed E-state index contributed by atoms with van der Waals surface area (Å²) < 4.78 is 13.3. The average Bonchev–Trinajstić information content (AvgIpc) is 3.34. The molecule has 0 saturated heterocycles. The molecule has 1 aliphatic rings. The molecule has 130 valence electrons. The summed E-state index contributed by atoms with van der Waals surface area (Å²) in [4.78, 5) is 24.2. The standard InChI is InChI=1S/C19H18FNO3S/c1-11(19(23)24)25-17-8-3-2-7-14(17)18(22)21-16-10-15(16)12-5-4-6-13(20)9-12/h2-9,11,15-16H,10H2,1H3,(H,21,22)(H,23,24)/t11?,15-,16+/m0/s1. The molecular weight excluding hydrogens is 341 g/mol. The van der Waals surface area contributed by atoms with Crippen LogP contribution in [0.15, 0.2) is 53.4 Å². The van der Waals surface area contributed by atoms with Gasteiger partial charge in [-0.15, -0.1) is 11.8 Å². The van der Waals surface area contributed by atoms with Crippen molar-refractivity contribution in [3.63, 3.8) is 0 Å². The summed E-state index contributed by atoms with van der Waals surface area (Å²) >= 11 is 1.14. The Morgan fingerprint density at radius 3 is 2.72 bits per heavy atom. The number of benzene rings is 2. The molecule has 0 aliphatic heterocycles. The van der Waals surface area contributed by atoms with E-state index in [1.807, 2.05) is 6.07 Å². The fourth-order valence-corrected chi connectivity index (χ4v) is 3.63. The van der Waals surface area contributed by atoms with Crippen LogP contribution >= 0.6 is 11.8 Å². The third kappa shape index (κ3) is 4.20. The maximum Gasteiger partial charge on any atom is 0.316 e. The summed E-state index contributed by atoms with van der Waals surface area (Å²) in [6, 6.07) is 13.4.